The third kappa shape index (κ3) is 2.03. The van der Waals surface area contributed by atoms with E-state index in [4.69, 9.17) is 5.73 Å². The molecule has 0 atom stereocenters. The molecule has 0 amide bonds. The van der Waals surface area contributed by atoms with Gasteiger partial charge in [-0.2, -0.15) is 0 Å². The Morgan fingerprint density at radius 1 is 1.58 bits per heavy atom. The Kier molecular flexibility index (Phi) is 3.22. The number of nitrogens with two attached hydrogens (primary N) is 1. The summed E-state index contributed by atoms with van der Waals surface area (Å²) in [5.41, 5.74) is 5.07. The Labute approximate surface area is 89.8 Å². The van der Waals surface area contributed by atoms with Crippen LogP contribution in [0.15, 0.2) is 10.5 Å². The van der Waals surface area contributed by atoms with Crippen LogP contribution in [0, 0.1) is 3.57 Å². The molecule has 0 unspecified atom stereocenters. The van der Waals surface area contributed by atoms with Crippen LogP contribution < -0.4 is 5.73 Å². The first kappa shape index (κ1) is 10.1. The van der Waals surface area contributed by atoms with Crippen LogP contribution in [0.2, 0.25) is 0 Å². The Morgan fingerprint density at radius 2 is 2.17 bits per heavy atom. The highest BCUT2D eigenvalue weighted by Crippen LogP contribution is 2.27. The second-order valence-electron chi connectivity index (χ2n) is 2.03. The topological polar surface area (TPSA) is 38.9 Å². The maximum Gasteiger partial charge on any atom is 0.280 e. The van der Waals surface area contributed by atoms with Crippen LogP contribution in [0.4, 0.5) is 14.6 Å². The van der Waals surface area contributed by atoms with Crippen LogP contribution in [0.5, 0.6) is 0 Å². The van der Waals surface area contributed by atoms with Crippen molar-refractivity contribution in [1.82, 2.24) is 4.98 Å². The van der Waals surface area contributed by atoms with Gasteiger partial charge in [-0.25, -0.2) is 13.8 Å². The molecule has 1 aromatic rings. The number of pyridine rings is 1. The number of hydrogen-bond acceptors (Lipinski definition) is 2. The number of aromatic nitrogens is 1. The molecule has 6 heteroatoms. The Hall–Kier alpha value is 0.0200. The summed E-state index contributed by atoms with van der Waals surface area (Å²) in [6.07, 6.45) is -2.58. The first-order valence-corrected chi connectivity index (χ1v) is 4.79. The molecule has 2 N–H and O–H groups in total. The van der Waals surface area contributed by atoms with Crippen LogP contribution in [-0.2, 0) is 0 Å². The van der Waals surface area contributed by atoms with E-state index in [0.29, 0.717) is 8.04 Å². The molecule has 1 aromatic heterocycles. The number of anilines is 1. The first-order chi connectivity index (χ1) is 5.52. The number of hydrogen-bond donors (Lipinski definition) is 1. The molecule has 0 spiro atoms. The molecule has 0 aliphatic heterocycles. The average Bonchev–Trinajstić information content (AvgIpc) is 1.99. The van der Waals surface area contributed by atoms with Gasteiger partial charge in [-0.05, 0) is 44.6 Å². The van der Waals surface area contributed by atoms with Crippen molar-refractivity contribution in [2.24, 2.45) is 0 Å². The van der Waals surface area contributed by atoms with Gasteiger partial charge in [-0.1, -0.05) is 0 Å². The summed E-state index contributed by atoms with van der Waals surface area (Å²) in [6.45, 7) is 0. The van der Waals surface area contributed by atoms with Gasteiger partial charge in [0.25, 0.3) is 6.43 Å². The van der Waals surface area contributed by atoms with Gasteiger partial charge in [-0.15, -0.1) is 0 Å². The van der Waals surface area contributed by atoms with E-state index >= 15 is 0 Å². The first-order valence-electron chi connectivity index (χ1n) is 2.92. The molecule has 0 aromatic carbocycles. The lowest BCUT2D eigenvalue weighted by molar-refractivity contribution is 0.146. The zero-order valence-corrected chi connectivity index (χ0v) is 9.43. The summed E-state index contributed by atoms with van der Waals surface area (Å²) in [6, 6.07) is 1.27. The molecule has 0 aliphatic rings. The zero-order chi connectivity index (χ0) is 9.30. The minimum Gasteiger partial charge on any atom is -0.383 e. The van der Waals surface area contributed by atoms with Crippen LogP contribution in [0.3, 0.4) is 0 Å². The molecule has 0 radical (unpaired) electrons. The lowest BCUT2D eigenvalue weighted by atomic mass is 10.3. The highest BCUT2D eigenvalue weighted by Gasteiger charge is 2.12. The predicted molar refractivity (Wildman–Crippen MR) is 54.0 cm³/mol. The van der Waals surface area contributed by atoms with E-state index in [1.807, 2.05) is 22.6 Å². The molecule has 66 valence electrons. The average molecular weight is 349 g/mol. The molecule has 0 aliphatic carbocycles. The maximum atomic E-state index is 12.1. The third-order valence-electron chi connectivity index (χ3n) is 1.18. The van der Waals surface area contributed by atoms with Gasteiger partial charge in [-0.3, -0.25) is 0 Å². The summed E-state index contributed by atoms with van der Waals surface area (Å²) in [5, 5.41) is 0. The monoisotopic (exact) mass is 348 g/mol. The highest BCUT2D eigenvalue weighted by molar-refractivity contribution is 14.1. The van der Waals surface area contributed by atoms with Crippen molar-refractivity contribution in [2.75, 3.05) is 5.73 Å². The van der Waals surface area contributed by atoms with E-state index in [-0.39, 0.29) is 11.5 Å². The van der Waals surface area contributed by atoms with Gasteiger partial charge in [0.1, 0.15) is 11.5 Å². The van der Waals surface area contributed by atoms with Crippen molar-refractivity contribution in [3.63, 3.8) is 0 Å². The Balaban J connectivity index is 3.21. The van der Waals surface area contributed by atoms with Gasteiger partial charge in [0.05, 0.1) is 3.57 Å². The number of halogens is 4. The predicted octanol–water partition coefficient (Wildman–Crippen LogP) is 2.97. The number of alkyl halides is 2. The van der Waals surface area contributed by atoms with Crippen molar-refractivity contribution < 1.29 is 8.78 Å². The minimum absolute atomic E-state index is 0.125. The largest absolute Gasteiger partial charge is 0.383 e. The third-order valence-corrected chi connectivity index (χ3v) is 3.68. The fourth-order valence-corrected chi connectivity index (χ4v) is 1.36. The molecule has 1 rings (SSSR count). The SMILES string of the molecule is Nc1nc(C(F)F)cc(Br)c1I. The lowest BCUT2D eigenvalue weighted by Crippen LogP contribution is -1.99. The van der Waals surface area contributed by atoms with E-state index in [1.165, 1.54) is 6.07 Å². The summed E-state index contributed by atoms with van der Waals surface area (Å²) in [5.74, 6) is 0.125. The molecular formula is C6H4BrF2IN2. The molecular weight excluding hydrogens is 345 g/mol. The summed E-state index contributed by atoms with van der Waals surface area (Å²) < 4.78 is 25.4. The van der Waals surface area contributed by atoms with Crippen LogP contribution in [0.25, 0.3) is 0 Å². The standard InChI is InChI=1S/C6H4BrF2IN2/c7-2-1-3(5(8)9)12-6(11)4(2)10/h1,5H,(H2,11,12). The molecule has 0 saturated heterocycles. The molecule has 0 saturated carbocycles. The number of nitrogen functional groups attached to an aromatic ring is 1. The smallest absolute Gasteiger partial charge is 0.280 e. The quantitative estimate of drug-likeness (QED) is 0.792. The van der Waals surface area contributed by atoms with Crippen molar-refractivity contribution in [2.45, 2.75) is 6.43 Å². The van der Waals surface area contributed by atoms with E-state index in [0.717, 1.165) is 0 Å². The van der Waals surface area contributed by atoms with Gasteiger partial charge >= 0.3 is 0 Å². The van der Waals surface area contributed by atoms with E-state index in [9.17, 15) is 8.78 Å². The van der Waals surface area contributed by atoms with Crippen molar-refractivity contribution in [1.29, 1.82) is 0 Å². The van der Waals surface area contributed by atoms with E-state index < -0.39 is 6.43 Å². The van der Waals surface area contributed by atoms with Crippen molar-refractivity contribution in [3.8, 4) is 0 Å². The van der Waals surface area contributed by atoms with Gasteiger partial charge < -0.3 is 5.73 Å². The molecule has 12 heavy (non-hydrogen) atoms. The van der Waals surface area contributed by atoms with Crippen LogP contribution in [0.1, 0.15) is 12.1 Å². The second-order valence-corrected chi connectivity index (χ2v) is 3.96. The highest BCUT2D eigenvalue weighted by atomic mass is 127. The summed E-state index contributed by atoms with van der Waals surface area (Å²) in [7, 11) is 0. The van der Waals surface area contributed by atoms with E-state index in [2.05, 4.69) is 20.9 Å². The van der Waals surface area contributed by atoms with Crippen LogP contribution in [-0.4, -0.2) is 4.98 Å². The fraction of sp³-hybridized carbons (Fsp3) is 0.167. The maximum absolute atomic E-state index is 12.1. The van der Waals surface area contributed by atoms with E-state index in [1.54, 1.807) is 0 Å². The van der Waals surface area contributed by atoms with Crippen LogP contribution >= 0.6 is 38.5 Å². The van der Waals surface area contributed by atoms with Crippen molar-refractivity contribution >= 4 is 44.3 Å². The Bertz CT molecular complexity index is 283. The minimum atomic E-state index is -2.58. The fourth-order valence-electron chi connectivity index (χ4n) is 0.648. The summed E-state index contributed by atoms with van der Waals surface area (Å²) >= 11 is 5.03. The molecule has 0 bridgehead atoms. The molecule has 0 fully saturated rings. The lowest BCUT2D eigenvalue weighted by Gasteiger charge is -2.03. The van der Waals surface area contributed by atoms with Gasteiger partial charge in [0.15, 0.2) is 0 Å². The van der Waals surface area contributed by atoms with Crippen molar-refractivity contribution in [3.05, 3.63) is 19.8 Å². The number of nitrogens with zero attached hydrogens (tertiary/aromatic N) is 1. The zero-order valence-electron chi connectivity index (χ0n) is 5.69. The molecule has 1 heterocycles. The summed E-state index contributed by atoms with van der Waals surface area (Å²) in [4.78, 5) is 3.52. The molecule has 2 nitrogen and oxygen atoms in total. The second kappa shape index (κ2) is 3.82. The van der Waals surface area contributed by atoms with Gasteiger partial charge in [0.2, 0.25) is 0 Å². The normalized spacial score (nSPS) is 10.8. The number of rotatable bonds is 1. The van der Waals surface area contributed by atoms with Gasteiger partial charge in [0, 0.05) is 4.47 Å². The Morgan fingerprint density at radius 3 is 2.58 bits per heavy atom.